The van der Waals surface area contributed by atoms with Crippen LogP contribution >= 0.6 is 0 Å². The van der Waals surface area contributed by atoms with Crippen molar-refractivity contribution in [2.45, 2.75) is 20.1 Å². The van der Waals surface area contributed by atoms with Crippen LogP contribution in [-0.2, 0) is 13.2 Å². The molecule has 0 aliphatic heterocycles. The van der Waals surface area contributed by atoms with E-state index in [1.54, 1.807) is 19.2 Å². The van der Waals surface area contributed by atoms with Crippen molar-refractivity contribution in [2.75, 3.05) is 13.7 Å². The molecule has 0 radical (unpaired) electrons. The first kappa shape index (κ1) is 15.3. The van der Waals surface area contributed by atoms with Crippen molar-refractivity contribution in [3.63, 3.8) is 0 Å². The fourth-order valence-corrected chi connectivity index (χ4v) is 2.01. The SMILES string of the molecule is CCNCc1ccc(F)c(COc2ccccc2OC)c1. The maximum atomic E-state index is 13.8. The smallest absolute Gasteiger partial charge is 0.161 e. The third kappa shape index (κ3) is 4.20. The highest BCUT2D eigenvalue weighted by molar-refractivity contribution is 5.39. The van der Waals surface area contributed by atoms with E-state index in [9.17, 15) is 4.39 Å². The first-order valence-corrected chi connectivity index (χ1v) is 6.98. The van der Waals surface area contributed by atoms with Gasteiger partial charge in [-0.25, -0.2) is 4.39 Å². The summed E-state index contributed by atoms with van der Waals surface area (Å²) >= 11 is 0. The predicted molar refractivity (Wildman–Crippen MR) is 81.1 cm³/mol. The fourth-order valence-electron chi connectivity index (χ4n) is 2.01. The van der Waals surface area contributed by atoms with Gasteiger partial charge in [-0.15, -0.1) is 0 Å². The summed E-state index contributed by atoms with van der Waals surface area (Å²) in [6, 6.07) is 12.4. The van der Waals surface area contributed by atoms with Crippen LogP contribution in [0.3, 0.4) is 0 Å². The molecule has 21 heavy (non-hydrogen) atoms. The molecule has 0 amide bonds. The topological polar surface area (TPSA) is 30.5 Å². The molecule has 0 saturated heterocycles. The van der Waals surface area contributed by atoms with Gasteiger partial charge in [0.25, 0.3) is 0 Å². The standard InChI is InChI=1S/C17H20FNO2/c1-3-19-11-13-8-9-15(18)14(10-13)12-21-17-7-5-4-6-16(17)20-2/h4-10,19H,3,11-12H2,1-2H3. The molecule has 0 unspecified atom stereocenters. The number of hydrogen-bond donors (Lipinski definition) is 1. The van der Waals surface area contributed by atoms with Crippen LogP contribution in [-0.4, -0.2) is 13.7 Å². The van der Waals surface area contributed by atoms with E-state index < -0.39 is 0 Å². The third-order valence-electron chi connectivity index (χ3n) is 3.14. The zero-order valence-corrected chi connectivity index (χ0v) is 12.4. The van der Waals surface area contributed by atoms with Crippen LogP contribution in [0.4, 0.5) is 4.39 Å². The summed E-state index contributed by atoms with van der Waals surface area (Å²) in [5.74, 6) is 0.989. The maximum Gasteiger partial charge on any atom is 0.161 e. The second kappa shape index (κ2) is 7.64. The molecule has 0 atom stereocenters. The molecule has 2 aromatic carbocycles. The van der Waals surface area contributed by atoms with Crippen LogP contribution < -0.4 is 14.8 Å². The largest absolute Gasteiger partial charge is 0.493 e. The van der Waals surface area contributed by atoms with E-state index in [2.05, 4.69) is 5.32 Å². The Hall–Kier alpha value is -2.07. The van der Waals surface area contributed by atoms with E-state index >= 15 is 0 Å². The van der Waals surface area contributed by atoms with Crippen LogP contribution in [0.25, 0.3) is 0 Å². The zero-order chi connectivity index (χ0) is 15.1. The third-order valence-corrected chi connectivity index (χ3v) is 3.14. The highest BCUT2D eigenvalue weighted by Gasteiger charge is 2.07. The number of ether oxygens (including phenoxy) is 2. The number of halogens is 1. The van der Waals surface area contributed by atoms with Crippen LogP contribution in [0.15, 0.2) is 42.5 Å². The molecule has 2 aromatic rings. The van der Waals surface area contributed by atoms with E-state index in [1.807, 2.05) is 31.2 Å². The Bertz CT molecular complexity index is 587. The van der Waals surface area contributed by atoms with Gasteiger partial charge in [-0.05, 0) is 36.4 Å². The van der Waals surface area contributed by atoms with Crippen molar-refractivity contribution in [3.05, 3.63) is 59.4 Å². The number of para-hydroxylation sites is 2. The van der Waals surface area contributed by atoms with E-state index in [1.165, 1.54) is 6.07 Å². The van der Waals surface area contributed by atoms with Gasteiger partial charge in [0.2, 0.25) is 0 Å². The number of methoxy groups -OCH3 is 1. The van der Waals surface area contributed by atoms with Gasteiger partial charge in [0, 0.05) is 12.1 Å². The van der Waals surface area contributed by atoms with E-state index in [0.29, 0.717) is 17.1 Å². The van der Waals surface area contributed by atoms with Crippen molar-refractivity contribution < 1.29 is 13.9 Å². The highest BCUT2D eigenvalue weighted by Crippen LogP contribution is 2.27. The summed E-state index contributed by atoms with van der Waals surface area (Å²) in [6.07, 6.45) is 0. The van der Waals surface area contributed by atoms with Crippen LogP contribution in [0.5, 0.6) is 11.5 Å². The summed E-state index contributed by atoms with van der Waals surface area (Å²) in [6.45, 7) is 3.81. The molecule has 2 rings (SSSR count). The van der Waals surface area contributed by atoms with Gasteiger partial charge >= 0.3 is 0 Å². The predicted octanol–water partition coefficient (Wildman–Crippen LogP) is 3.52. The minimum Gasteiger partial charge on any atom is -0.493 e. The summed E-state index contributed by atoms with van der Waals surface area (Å²) in [4.78, 5) is 0. The van der Waals surface area contributed by atoms with Crippen LogP contribution in [0.2, 0.25) is 0 Å². The van der Waals surface area contributed by atoms with Crippen LogP contribution in [0.1, 0.15) is 18.1 Å². The first-order valence-electron chi connectivity index (χ1n) is 6.98. The molecular formula is C17H20FNO2. The molecule has 0 saturated carbocycles. The second-order valence-corrected chi connectivity index (χ2v) is 4.65. The van der Waals surface area contributed by atoms with Gasteiger partial charge in [-0.3, -0.25) is 0 Å². The van der Waals surface area contributed by atoms with E-state index in [-0.39, 0.29) is 12.4 Å². The first-order chi connectivity index (χ1) is 10.2. The molecule has 3 nitrogen and oxygen atoms in total. The lowest BCUT2D eigenvalue weighted by Crippen LogP contribution is -2.12. The summed E-state index contributed by atoms with van der Waals surface area (Å²) in [5.41, 5.74) is 1.58. The fraction of sp³-hybridized carbons (Fsp3) is 0.294. The maximum absolute atomic E-state index is 13.8. The normalized spacial score (nSPS) is 10.4. The van der Waals surface area contributed by atoms with Crippen molar-refractivity contribution >= 4 is 0 Å². The van der Waals surface area contributed by atoms with Gasteiger partial charge in [0.15, 0.2) is 11.5 Å². The van der Waals surface area contributed by atoms with E-state index in [4.69, 9.17) is 9.47 Å². The van der Waals surface area contributed by atoms with Crippen molar-refractivity contribution in [1.82, 2.24) is 5.32 Å². The lowest BCUT2D eigenvalue weighted by atomic mass is 10.1. The van der Waals surface area contributed by atoms with Crippen molar-refractivity contribution in [1.29, 1.82) is 0 Å². The Morgan fingerprint density at radius 3 is 2.57 bits per heavy atom. The molecule has 0 fully saturated rings. The van der Waals surface area contributed by atoms with Gasteiger partial charge in [0.1, 0.15) is 12.4 Å². The van der Waals surface area contributed by atoms with Crippen LogP contribution in [0, 0.1) is 5.82 Å². The lowest BCUT2D eigenvalue weighted by molar-refractivity contribution is 0.279. The lowest BCUT2D eigenvalue weighted by Gasteiger charge is -2.12. The van der Waals surface area contributed by atoms with E-state index in [0.717, 1.165) is 18.7 Å². The van der Waals surface area contributed by atoms with Gasteiger partial charge in [-0.2, -0.15) is 0 Å². The van der Waals surface area contributed by atoms with Crippen molar-refractivity contribution in [3.8, 4) is 11.5 Å². The molecule has 1 N–H and O–H groups in total. The molecule has 4 heteroatoms. The highest BCUT2D eigenvalue weighted by atomic mass is 19.1. The second-order valence-electron chi connectivity index (χ2n) is 4.65. The molecule has 0 heterocycles. The van der Waals surface area contributed by atoms with Gasteiger partial charge in [0.05, 0.1) is 7.11 Å². The van der Waals surface area contributed by atoms with Gasteiger partial charge < -0.3 is 14.8 Å². The van der Waals surface area contributed by atoms with Gasteiger partial charge in [-0.1, -0.05) is 25.1 Å². The van der Waals surface area contributed by atoms with Crippen molar-refractivity contribution in [2.24, 2.45) is 0 Å². The Labute approximate surface area is 124 Å². The zero-order valence-electron chi connectivity index (χ0n) is 12.4. The molecule has 0 bridgehead atoms. The number of hydrogen-bond acceptors (Lipinski definition) is 3. The molecule has 112 valence electrons. The molecule has 0 aromatic heterocycles. The Morgan fingerprint density at radius 2 is 1.86 bits per heavy atom. The Kier molecular flexibility index (Phi) is 5.58. The molecule has 0 aliphatic rings. The summed E-state index contributed by atoms with van der Waals surface area (Å²) in [7, 11) is 1.58. The summed E-state index contributed by atoms with van der Waals surface area (Å²) in [5, 5.41) is 3.22. The Morgan fingerprint density at radius 1 is 1.10 bits per heavy atom. The minimum absolute atomic E-state index is 0.173. The Balaban J connectivity index is 2.08. The quantitative estimate of drug-likeness (QED) is 0.846. The molecule has 0 spiro atoms. The summed E-state index contributed by atoms with van der Waals surface area (Å²) < 4.78 is 24.7. The molecule has 0 aliphatic carbocycles. The molecular weight excluding hydrogens is 269 g/mol. The number of rotatable bonds is 7. The average molecular weight is 289 g/mol. The monoisotopic (exact) mass is 289 g/mol. The average Bonchev–Trinajstić information content (AvgIpc) is 2.53. The number of benzene rings is 2. The number of nitrogens with one attached hydrogen (secondary N) is 1. The minimum atomic E-state index is -0.259.